The van der Waals surface area contributed by atoms with Crippen LogP contribution in [0, 0.1) is 0 Å². The van der Waals surface area contributed by atoms with Gasteiger partial charge in [0.1, 0.15) is 5.75 Å². The summed E-state index contributed by atoms with van der Waals surface area (Å²) in [7, 11) is 0. The predicted molar refractivity (Wildman–Crippen MR) is 98.6 cm³/mol. The molecule has 0 saturated heterocycles. The lowest BCUT2D eigenvalue weighted by Crippen LogP contribution is -2.08. The minimum absolute atomic E-state index is 0.172. The number of rotatable bonds is 4. The highest BCUT2D eigenvalue weighted by Gasteiger charge is 2.32. The van der Waals surface area contributed by atoms with Crippen molar-refractivity contribution in [1.29, 1.82) is 0 Å². The van der Waals surface area contributed by atoms with Gasteiger partial charge in [-0.3, -0.25) is 4.98 Å². The molecule has 148 valence electrons. The first-order valence-electron chi connectivity index (χ1n) is 9.06. The lowest BCUT2D eigenvalue weighted by molar-refractivity contribution is -0.137. The Labute approximate surface area is 160 Å². The third kappa shape index (κ3) is 4.18. The van der Waals surface area contributed by atoms with Gasteiger partial charge in [0.2, 0.25) is 0 Å². The third-order valence-corrected chi connectivity index (χ3v) is 4.71. The van der Waals surface area contributed by atoms with Gasteiger partial charge < -0.3 is 9.84 Å². The second kappa shape index (κ2) is 8.04. The van der Waals surface area contributed by atoms with Crippen LogP contribution in [0.2, 0.25) is 0 Å². The fourth-order valence-electron chi connectivity index (χ4n) is 3.41. The Hall–Kier alpha value is -2.83. The van der Waals surface area contributed by atoms with Crippen molar-refractivity contribution in [2.75, 3.05) is 6.61 Å². The molecule has 1 aliphatic rings. The van der Waals surface area contributed by atoms with Crippen molar-refractivity contribution in [3.8, 4) is 5.75 Å². The summed E-state index contributed by atoms with van der Waals surface area (Å²) < 4.78 is 44.4. The van der Waals surface area contributed by atoms with Crippen molar-refractivity contribution in [2.24, 2.45) is 0 Å². The number of halogens is 3. The number of hydrogen-bond donors (Lipinski definition) is 1. The van der Waals surface area contributed by atoms with Crippen LogP contribution < -0.4 is 0 Å². The summed E-state index contributed by atoms with van der Waals surface area (Å²) in [5.41, 5.74) is 1.74. The molecule has 0 atom stereocenters. The second-order valence-corrected chi connectivity index (χ2v) is 6.58. The molecule has 3 rings (SSSR count). The first-order valence-corrected chi connectivity index (χ1v) is 9.06. The van der Waals surface area contributed by atoms with E-state index in [4.69, 9.17) is 4.74 Å². The number of nitrogens with zero attached hydrogens (tertiary/aromatic N) is 1. The van der Waals surface area contributed by atoms with Crippen molar-refractivity contribution in [1.82, 2.24) is 4.98 Å². The fourth-order valence-corrected chi connectivity index (χ4v) is 3.41. The minimum Gasteiger partial charge on any atom is -0.507 e. The van der Waals surface area contributed by atoms with E-state index >= 15 is 0 Å². The molecule has 2 aromatic rings. The average Bonchev–Trinajstić information content (AvgIpc) is 2.68. The van der Waals surface area contributed by atoms with Crippen LogP contribution in [0.15, 0.2) is 36.7 Å². The van der Waals surface area contributed by atoms with Gasteiger partial charge in [-0.1, -0.05) is 0 Å². The van der Waals surface area contributed by atoms with E-state index in [0.29, 0.717) is 24.0 Å². The van der Waals surface area contributed by atoms with E-state index in [-0.39, 0.29) is 23.5 Å². The standard InChI is InChI=1S/C21H20F3NO3/c1-2-28-20(27)14-9-13(11-25-12-14)16-5-3-4-6-17(16)18-10-15(21(22,23)24)7-8-19(18)26/h7-12,26H,2-6H2,1H3. The van der Waals surface area contributed by atoms with Crippen LogP contribution in [-0.2, 0) is 10.9 Å². The summed E-state index contributed by atoms with van der Waals surface area (Å²) in [5, 5.41) is 10.2. The molecule has 1 aliphatic carbocycles. The highest BCUT2D eigenvalue weighted by molar-refractivity contribution is 5.95. The number of pyridine rings is 1. The summed E-state index contributed by atoms with van der Waals surface area (Å²) >= 11 is 0. The molecule has 1 aromatic carbocycles. The van der Waals surface area contributed by atoms with Gasteiger partial charge in [0.05, 0.1) is 17.7 Å². The lowest BCUT2D eigenvalue weighted by Gasteiger charge is -2.22. The Kier molecular flexibility index (Phi) is 5.72. The number of benzene rings is 1. The summed E-state index contributed by atoms with van der Waals surface area (Å²) in [4.78, 5) is 16.1. The van der Waals surface area contributed by atoms with Gasteiger partial charge in [0, 0.05) is 18.0 Å². The highest BCUT2D eigenvalue weighted by atomic mass is 19.4. The fraction of sp³-hybridized carbons (Fsp3) is 0.333. The molecule has 0 spiro atoms. The second-order valence-electron chi connectivity index (χ2n) is 6.58. The first kappa shape index (κ1) is 19.9. The van der Waals surface area contributed by atoms with E-state index in [0.717, 1.165) is 36.6 Å². The number of allylic oxidation sites excluding steroid dienone is 2. The number of phenols is 1. The van der Waals surface area contributed by atoms with E-state index in [1.807, 2.05) is 0 Å². The zero-order chi connectivity index (χ0) is 20.3. The topological polar surface area (TPSA) is 59.4 Å². The molecule has 0 saturated carbocycles. The maximum absolute atomic E-state index is 13.1. The molecule has 0 amide bonds. The molecule has 28 heavy (non-hydrogen) atoms. The van der Waals surface area contributed by atoms with Gasteiger partial charge in [-0.05, 0) is 73.6 Å². The molecule has 0 unspecified atom stereocenters. The number of carbonyl (C=O) groups excluding carboxylic acids is 1. The number of carbonyl (C=O) groups is 1. The van der Waals surface area contributed by atoms with Gasteiger partial charge in [-0.15, -0.1) is 0 Å². The largest absolute Gasteiger partial charge is 0.507 e. The zero-order valence-electron chi connectivity index (χ0n) is 15.3. The van der Waals surface area contributed by atoms with Crippen LogP contribution in [0.1, 0.15) is 59.7 Å². The average molecular weight is 391 g/mol. The Morgan fingerprint density at radius 3 is 2.54 bits per heavy atom. The van der Waals surface area contributed by atoms with Crippen LogP contribution in [0.25, 0.3) is 11.1 Å². The van der Waals surface area contributed by atoms with Crippen LogP contribution >= 0.6 is 0 Å². The molecule has 0 radical (unpaired) electrons. The van der Waals surface area contributed by atoms with Crippen LogP contribution in [0.5, 0.6) is 5.75 Å². The maximum Gasteiger partial charge on any atom is 0.416 e. The Balaban J connectivity index is 2.11. The van der Waals surface area contributed by atoms with Gasteiger partial charge >= 0.3 is 12.1 Å². The van der Waals surface area contributed by atoms with E-state index in [1.54, 1.807) is 19.2 Å². The predicted octanol–water partition coefficient (Wildman–Crippen LogP) is 5.47. The summed E-state index contributed by atoms with van der Waals surface area (Å²) in [6.45, 7) is 1.93. The molecular weight excluding hydrogens is 371 g/mol. The number of phenolic OH excluding ortho intramolecular Hbond substituents is 1. The van der Waals surface area contributed by atoms with Crippen molar-refractivity contribution in [2.45, 2.75) is 38.8 Å². The molecule has 1 aromatic heterocycles. The molecule has 0 bridgehead atoms. The van der Waals surface area contributed by atoms with E-state index in [9.17, 15) is 23.1 Å². The lowest BCUT2D eigenvalue weighted by atomic mass is 9.83. The van der Waals surface area contributed by atoms with Crippen molar-refractivity contribution in [3.63, 3.8) is 0 Å². The van der Waals surface area contributed by atoms with Crippen LogP contribution in [0.4, 0.5) is 13.2 Å². The molecule has 0 aliphatic heterocycles. The van der Waals surface area contributed by atoms with Gasteiger partial charge in [-0.2, -0.15) is 13.2 Å². The monoisotopic (exact) mass is 391 g/mol. The number of aromatic hydroxyl groups is 1. The van der Waals surface area contributed by atoms with Gasteiger partial charge in [0.15, 0.2) is 0 Å². The summed E-state index contributed by atoms with van der Waals surface area (Å²) in [5.74, 6) is -0.700. The molecular formula is C21H20F3NO3. The van der Waals surface area contributed by atoms with Crippen molar-refractivity contribution >= 4 is 17.1 Å². The molecule has 7 heteroatoms. The molecule has 1 heterocycles. The van der Waals surface area contributed by atoms with E-state index in [2.05, 4.69) is 4.98 Å². The van der Waals surface area contributed by atoms with Crippen molar-refractivity contribution < 1.29 is 27.8 Å². The smallest absolute Gasteiger partial charge is 0.416 e. The summed E-state index contributed by atoms with van der Waals surface area (Å²) in [6, 6.07) is 4.56. The maximum atomic E-state index is 13.1. The van der Waals surface area contributed by atoms with E-state index < -0.39 is 17.7 Å². The Morgan fingerprint density at radius 1 is 1.14 bits per heavy atom. The zero-order valence-corrected chi connectivity index (χ0v) is 15.3. The number of esters is 1. The summed E-state index contributed by atoms with van der Waals surface area (Å²) in [6.07, 6.45) is 1.30. The Morgan fingerprint density at radius 2 is 1.86 bits per heavy atom. The first-order chi connectivity index (χ1) is 13.3. The Bertz CT molecular complexity index is 919. The van der Waals surface area contributed by atoms with Gasteiger partial charge in [-0.25, -0.2) is 4.79 Å². The SMILES string of the molecule is CCOC(=O)c1cncc(C2=C(c3cc(C(F)(F)F)ccc3O)CCCC2)c1. The third-order valence-electron chi connectivity index (χ3n) is 4.71. The molecule has 4 nitrogen and oxygen atoms in total. The number of ether oxygens (including phenoxy) is 1. The molecule has 1 N–H and O–H groups in total. The van der Waals surface area contributed by atoms with Crippen LogP contribution in [-0.4, -0.2) is 22.7 Å². The highest BCUT2D eigenvalue weighted by Crippen LogP contribution is 2.43. The van der Waals surface area contributed by atoms with Crippen molar-refractivity contribution in [3.05, 3.63) is 58.9 Å². The normalized spacial score (nSPS) is 14.9. The quantitative estimate of drug-likeness (QED) is 0.703. The number of alkyl halides is 3. The molecule has 0 fully saturated rings. The van der Waals surface area contributed by atoms with E-state index in [1.165, 1.54) is 6.20 Å². The number of hydrogen-bond acceptors (Lipinski definition) is 4. The van der Waals surface area contributed by atoms with Gasteiger partial charge in [0.25, 0.3) is 0 Å². The minimum atomic E-state index is -4.50. The number of aromatic nitrogens is 1. The van der Waals surface area contributed by atoms with Crippen LogP contribution in [0.3, 0.4) is 0 Å².